The number of benzene rings is 2. The van der Waals surface area contributed by atoms with E-state index in [1.807, 2.05) is 0 Å². The van der Waals surface area contributed by atoms with E-state index in [4.69, 9.17) is 11.6 Å². The maximum atomic E-state index is 12.1. The Labute approximate surface area is 162 Å². The van der Waals surface area contributed by atoms with E-state index in [1.165, 1.54) is 0 Å². The highest BCUT2D eigenvalue weighted by molar-refractivity contribution is 6.30. The summed E-state index contributed by atoms with van der Waals surface area (Å²) in [5.41, 5.74) is 1.70. The maximum absolute atomic E-state index is 12.1. The largest absolute Gasteiger partial charge is 0.334 e. The van der Waals surface area contributed by atoms with E-state index in [0.29, 0.717) is 28.5 Å². The predicted octanol–water partition coefficient (Wildman–Crippen LogP) is 4.25. The molecule has 2 aromatic carbocycles. The fourth-order valence-corrected chi connectivity index (χ4v) is 2.33. The second-order valence-corrected chi connectivity index (χ2v) is 6.12. The Morgan fingerprint density at radius 1 is 0.889 bits per heavy atom. The molecule has 0 fully saturated rings. The van der Waals surface area contributed by atoms with Gasteiger partial charge in [0.2, 0.25) is 5.91 Å². The SMILES string of the molecule is C=CCNC(=O)Nc1ccc(NC(=O)CCC(=O)c2ccc(Cl)cc2)cc1. The monoisotopic (exact) mass is 385 g/mol. The minimum atomic E-state index is -0.340. The molecule has 0 saturated heterocycles. The molecule has 3 amide bonds. The van der Waals surface area contributed by atoms with Gasteiger partial charge in [-0.2, -0.15) is 0 Å². The highest BCUT2D eigenvalue weighted by atomic mass is 35.5. The van der Waals surface area contributed by atoms with Crippen LogP contribution >= 0.6 is 11.6 Å². The summed E-state index contributed by atoms with van der Waals surface area (Å²) in [4.78, 5) is 35.6. The average Bonchev–Trinajstić information content (AvgIpc) is 2.66. The summed E-state index contributed by atoms with van der Waals surface area (Å²) < 4.78 is 0. The van der Waals surface area contributed by atoms with Gasteiger partial charge in [0, 0.05) is 41.3 Å². The lowest BCUT2D eigenvalue weighted by molar-refractivity contribution is -0.116. The molecule has 0 atom stereocenters. The first-order valence-electron chi connectivity index (χ1n) is 8.32. The number of nitrogens with one attached hydrogen (secondary N) is 3. The number of Topliss-reactive ketones (excluding diaryl/α,β-unsaturated/α-hetero) is 1. The molecule has 0 heterocycles. The van der Waals surface area contributed by atoms with Crippen molar-refractivity contribution in [1.82, 2.24) is 5.32 Å². The van der Waals surface area contributed by atoms with Crippen LogP contribution in [0.2, 0.25) is 5.02 Å². The molecule has 0 radical (unpaired) electrons. The highest BCUT2D eigenvalue weighted by Gasteiger charge is 2.10. The summed E-state index contributed by atoms with van der Waals surface area (Å²) in [6.45, 7) is 3.89. The Balaban J connectivity index is 1.79. The fourth-order valence-electron chi connectivity index (χ4n) is 2.21. The number of carbonyl (C=O) groups excluding carboxylic acids is 3. The molecule has 2 aromatic rings. The van der Waals surface area contributed by atoms with E-state index >= 15 is 0 Å². The standard InChI is InChI=1S/C20H20ClN3O3/c1-2-13-22-20(27)24-17-9-7-16(8-10-17)23-19(26)12-11-18(25)14-3-5-15(21)6-4-14/h2-10H,1,11-13H2,(H,23,26)(H2,22,24,27). The lowest BCUT2D eigenvalue weighted by Crippen LogP contribution is -2.28. The second kappa shape index (κ2) is 10.1. The normalized spacial score (nSPS) is 9.96. The smallest absolute Gasteiger partial charge is 0.319 e. The van der Waals surface area contributed by atoms with E-state index in [-0.39, 0.29) is 30.6 Å². The zero-order valence-electron chi connectivity index (χ0n) is 14.6. The molecule has 0 aliphatic rings. The van der Waals surface area contributed by atoms with Crippen molar-refractivity contribution in [2.24, 2.45) is 0 Å². The zero-order valence-corrected chi connectivity index (χ0v) is 15.4. The van der Waals surface area contributed by atoms with Crippen LogP contribution in [0.4, 0.5) is 16.2 Å². The third kappa shape index (κ3) is 6.95. The quantitative estimate of drug-likeness (QED) is 0.469. The first kappa shape index (κ1) is 20.2. The second-order valence-electron chi connectivity index (χ2n) is 5.68. The maximum Gasteiger partial charge on any atom is 0.319 e. The van der Waals surface area contributed by atoms with Gasteiger partial charge in [-0.1, -0.05) is 17.7 Å². The number of urea groups is 1. The van der Waals surface area contributed by atoms with Gasteiger partial charge in [-0.25, -0.2) is 4.79 Å². The van der Waals surface area contributed by atoms with E-state index in [9.17, 15) is 14.4 Å². The van der Waals surface area contributed by atoms with E-state index in [0.717, 1.165) is 0 Å². The highest BCUT2D eigenvalue weighted by Crippen LogP contribution is 2.15. The van der Waals surface area contributed by atoms with Crippen molar-refractivity contribution in [2.45, 2.75) is 12.8 Å². The fraction of sp³-hybridized carbons (Fsp3) is 0.150. The van der Waals surface area contributed by atoms with Gasteiger partial charge in [0.1, 0.15) is 0 Å². The van der Waals surface area contributed by atoms with Crippen molar-refractivity contribution in [3.8, 4) is 0 Å². The van der Waals surface area contributed by atoms with Crippen LogP contribution in [0.5, 0.6) is 0 Å². The summed E-state index contributed by atoms with van der Waals surface area (Å²) in [5.74, 6) is -0.381. The van der Waals surface area contributed by atoms with Gasteiger partial charge in [-0.15, -0.1) is 6.58 Å². The molecule has 7 heteroatoms. The van der Waals surface area contributed by atoms with Crippen LogP contribution in [0, 0.1) is 0 Å². The van der Waals surface area contributed by atoms with Crippen molar-refractivity contribution in [3.63, 3.8) is 0 Å². The number of hydrogen-bond acceptors (Lipinski definition) is 3. The number of anilines is 2. The molecule has 0 saturated carbocycles. The van der Waals surface area contributed by atoms with Crippen molar-refractivity contribution < 1.29 is 14.4 Å². The van der Waals surface area contributed by atoms with Gasteiger partial charge >= 0.3 is 6.03 Å². The number of hydrogen-bond donors (Lipinski definition) is 3. The molecule has 0 aromatic heterocycles. The molecule has 2 rings (SSSR count). The molecule has 3 N–H and O–H groups in total. The average molecular weight is 386 g/mol. The number of rotatable bonds is 8. The number of halogens is 1. The van der Waals surface area contributed by atoms with E-state index in [2.05, 4.69) is 22.5 Å². The van der Waals surface area contributed by atoms with Crippen LogP contribution in [0.15, 0.2) is 61.2 Å². The van der Waals surface area contributed by atoms with Crippen molar-refractivity contribution >= 4 is 40.7 Å². The number of carbonyl (C=O) groups is 3. The number of amides is 3. The van der Waals surface area contributed by atoms with Gasteiger partial charge < -0.3 is 16.0 Å². The molecule has 27 heavy (non-hydrogen) atoms. The Kier molecular flexibility index (Phi) is 7.58. The van der Waals surface area contributed by atoms with Gasteiger partial charge in [0.05, 0.1) is 0 Å². The first-order valence-corrected chi connectivity index (χ1v) is 8.70. The van der Waals surface area contributed by atoms with Crippen LogP contribution in [0.25, 0.3) is 0 Å². The number of ketones is 1. The van der Waals surface area contributed by atoms with Gasteiger partial charge in [-0.05, 0) is 48.5 Å². The van der Waals surface area contributed by atoms with Gasteiger partial charge in [0.15, 0.2) is 5.78 Å². The van der Waals surface area contributed by atoms with Gasteiger partial charge in [0.25, 0.3) is 0 Å². The zero-order chi connectivity index (χ0) is 19.6. The Hall–Kier alpha value is -3.12. The van der Waals surface area contributed by atoms with Crippen LogP contribution in [-0.2, 0) is 4.79 Å². The molecule has 0 aliphatic carbocycles. The minimum Gasteiger partial charge on any atom is -0.334 e. The Morgan fingerprint density at radius 2 is 1.48 bits per heavy atom. The predicted molar refractivity (Wildman–Crippen MR) is 107 cm³/mol. The molecule has 0 aliphatic heterocycles. The Bertz CT molecular complexity index is 817. The van der Waals surface area contributed by atoms with Crippen LogP contribution in [0.3, 0.4) is 0 Å². The van der Waals surface area contributed by atoms with Crippen LogP contribution in [-0.4, -0.2) is 24.3 Å². The lowest BCUT2D eigenvalue weighted by Gasteiger charge is -2.08. The van der Waals surface area contributed by atoms with Crippen LogP contribution < -0.4 is 16.0 Å². The van der Waals surface area contributed by atoms with E-state index < -0.39 is 0 Å². The molecule has 140 valence electrons. The van der Waals surface area contributed by atoms with Crippen molar-refractivity contribution in [1.29, 1.82) is 0 Å². The van der Waals surface area contributed by atoms with Crippen molar-refractivity contribution in [2.75, 3.05) is 17.2 Å². The molecule has 0 bridgehead atoms. The minimum absolute atomic E-state index is 0.0748. The molecular formula is C20H20ClN3O3. The first-order chi connectivity index (χ1) is 13.0. The molecule has 6 nitrogen and oxygen atoms in total. The summed E-state index contributed by atoms with van der Waals surface area (Å²) in [5, 5.41) is 8.52. The summed E-state index contributed by atoms with van der Waals surface area (Å²) >= 11 is 5.79. The molecule has 0 unspecified atom stereocenters. The summed E-state index contributed by atoms with van der Waals surface area (Å²) in [6.07, 6.45) is 1.76. The van der Waals surface area contributed by atoms with E-state index in [1.54, 1.807) is 54.6 Å². The third-order valence-electron chi connectivity index (χ3n) is 3.58. The lowest BCUT2D eigenvalue weighted by atomic mass is 10.1. The molecule has 0 spiro atoms. The topological polar surface area (TPSA) is 87.3 Å². The van der Waals surface area contributed by atoms with Crippen LogP contribution in [0.1, 0.15) is 23.2 Å². The summed E-state index contributed by atoms with van der Waals surface area (Å²) in [7, 11) is 0. The molecular weight excluding hydrogens is 366 g/mol. The van der Waals surface area contributed by atoms with Crippen molar-refractivity contribution in [3.05, 3.63) is 71.8 Å². The Morgan fingerprint density at radius 3 is 2.07 bits per heavy atom. The third-order valence-corrected chi connectivity index (χ3v) is 3.83. The summed E-state index contributed by atoms with van der Waals surface area (Å²) in [6, 6.07) is 12.9. The van der Waals surface area contributed by atoms with Gasteiger partial charge in [-0.3, -0.25) is 9.59 Å².